The summed E-state index contributed by atoms with van der Waals surface area (Å²) in [7, 11) is 1.42. The van der Waals surface area contributed by atoms with E-state index in [1.165, 1.54) is 23.4 Å². The van der Waals surface area contributed by atoms with E-state index in [1.807, 2.05) is 0 Å². The second-order valence-electron chi connectivity index (χ2n) is 7.42. The Morgan fingerprint density at radius 3 is 2.79 bits per heavy atom. The fraction of sp³-hybridized carbons (Fsp3) is 0.208. The molecule has 1 aliphatic heterocycles. The number of carbonyl (C=O) groups is 1. The van der Waals surface area contributed by atoms with Gasteiger partial charge in [-0.05, 0) is 46.4 Å². The molecule has 1 heterocycles. The van der Waals surface area contributed by atoms with Gasteiger partial charge in [0.25, 0.3) is 0 Å². The van der Waals surface area contributed by atoms with Crippen LogP contribution in [0.15, 0.2) is 66.7 Å². The van der Waals surface area contributed by atoms with Crippen LogP contribution in [-0.2, 0) is 4.74 Å². The first-order chi connectivity index (χ1) is 13.7. The van der Waals surface area contributed by atoms with Crippen molar-refractivity contribution in [2.24, 2.45) is 5.92 Å². The molecule has 3 aromatic rings. The Hall–Kier alpha value is -2.78. The average Bonchev–Trinajstić information content (AvgIpc) is 3.23. The predicted molar refractivity (Wildman–Crippen MR) is 113 cm³/mol. The number of benzene rings is 3. The number of nitrogens with one attached hydrogen (secondary N) is 1. The predicted octanol–water partition coefficient (Wildman–Crippen LogP) is 6.11. The topological polar surface area (TPSA) is 38.3 Å². The minimum absolute atomic E-state index is 0.115. The Balaban J connectivity index is 1.70. The molecular formula is C24H20ClNO2. The van der Waals surface area contributed by atoms with Gasteiger partial charge in [-0.3, -0.25) is 0 Å². The Morgan fingerprint density at radius 2 is 1.93 bits per heavy atom. The molecule has 0 radical (unpaired) electrons. The van der Waals surface area contributed by atoms with Gasteiger partial charge in [0.1, 0.15) is 0 Å². The lowest BCUT2D eigenvalue weighted by atomic mass is 9.74. The Morgan fingerprint density at radius 1 is 1.11 bits per heavy atom. The van der Waals surface area contributed by atoms with Crippen molar-refractivity contribution >= 4 is 34.0 Å². The van der Waals surface area contributed by atoms with Gasteiger partial charge in [-0.15, -0.1) is 0 Å². The van der Waals surface area contributed by atoms with Crippen LogP contribution in [0.3, 0.4) is 0 Å². The number of hydrogen-bond acceptors (Lipinski definition) is 3. The number of methoxy groups -OCH3 is 1. The van der Waals surface area contributed by atoms with Crippen LogP contribution in [0.5, 0.6) is 0 Å². The number of halogens is 1. The van der Waals surface area contributed by atoms with Gasteiger partial charge in [0.15, 0.2) is 0 Å². The number of anilines is 1. The van der Waals surface area contributed by atoms with Gasteiger partial charge in [0, 0.05) is 5.92 Å². The summed E-state index contributed by atoms with van der Waals surface area (Å²) in [6, 6.07) is 18.6. The third-order valence-corrected chi connectivity index (χ3v) is 6.35. The summed E-state index contributed by atoms with van der Waals surface area (Å²) < 4.78 is 5.03. The Kier molecular flexibility index (Phi) is 4.13. The molecule has 0 saturated carbocycles. The minimum Gasteiger partial charge on any atom is -0.465 e. The molecule has 4 heteroatoms. The van der Waals surface area contributed by atoms with Crippen LogP contribution in [0.25, 0.3) is 10.8 Å². The molecule has 0 bridgehead atoms. The van der Waals surface area contributed by atoms with Crippen LogP contribution in [-0.4, -0.2) is 13.1 Å². The number of carbonyl (C=O) groups excluding carboxylic acids is 1. The molecule has 0 aromatic heterocycles. The number of esters is 1. The molecule has 0 unspecified atom stereocenters. The van der Waals surface area contributed by atoms with Crippen molar-refractivity contribution < 1.29 is 9.53 Å². The number of fused-ring (bicyclic) bond motifs is 4. The van der Waals surface area contributed by atoms with Crippen LogP contribution in [0, 0.1) is 5.92 Å². The highest BCUT2D eigenvalue weighted by molar-refractivity contribution is 6.33. The lowest BCUT2D eigenvalue weighted by Gasteiger charge is -2.39. The van der Waals surface area contributed by atoms with Crippen molar-refractivity contribution in [3.8, 4) is 0 Å². The summed E-state index contributed by atoms with van der Waals surface area (Å²) >= 11 is 6.58. The van der Waals surface area contributed by atoms with Crippen LogP contribution in [0.2, 0.25) is 5.02 Å². The summed E-state index contributed by atoms with van der Waals surface area (Å²) in [5, 5.41) is 6.79. The summed E-state index contributed by atoms with van der Waals surface area (Å²) in [4.78, 5) is 12.4. The molecule has 3 atom stereocenters. The van der Waals surface area contributed by atoms with Crippen molar-refractivity contribution in [3.63, 3.8) is 0 Å². The van der Waals surface area contributed by atoms with E-state index in [-0.39, 0.29) is 17.9 Å². The molecule has 2 aliphatic rings. The zero-order chi connectivity index (χ0) is 19.3. The molecule has 1 aliphatic carbocycles. The highest BCUT2D eigenvalue weighted by Gasteiger charge is 2.41. The average molecular weight is 390 g/mol. The first-order valence-corrected chi connectivity index (χ1v) is 9.88. The van der Waals surface area contributed by atoms with Crippen molar-refractivity contribution in [2.45, 2.75) is 18.4 Å². The first kappa shape index (κ1) is 17.3. The summed E-state index contributed by atoms with van der Waals surface area (Å²) in [5.41, 5.74) is 3.65. The van der Waals surface area contributed by atoms with Crippen LogP contribution in [0.1, 0.15) is 39.9 Å². The molecule has 3 nitrogen and oxygen atoms in total. The monoisotopic (exact) mass is 389 g/mol. The molecule has 0 fully saturated rings. The van der Waals surface area contributed by atoms with Crippen molar-refractivity contribution in [1.82, 2.24) is 0 Å². The van der Waals surface area contributed by atoms with Gasteiger partial charge >= 0.3 is 5.97 Å². The van der Waals surface area contributed by atoms with Crippen molar-refractivity contribution in [3.05, 3.63) is 88.5 Å². The fourth-order valence-electron chi connectivity index (χ4n) is 4.79. The van der Waals surface area contributed by atoms with E-state index in [1.54, 1.807) is 12.1 Å². The summed E-state index contributed by atoms with van der Waals surface area (Å²) in [5.74, 6) is 0.130. The number of ether oxygens (including phenoxy) is 1. The SMILES string of the molecule is COC(=O)c1ccc(Cl)c2c1[C@H]1C=CC[C@@H]1[C@H](c1cccc3ccccc13)N2. The van der Waals surface area contributed by atoms with Gasteiger partial charge < -0.3 is 10.1 Å². The molecule has 1 N–H and O–H groups in total. The maximum absolute atomic E-state index is 12.4. The van der Waals surface area contributed by atoms with Crippen LogP contribution in [0.4, 0.5) is 5.69 Å². The van der Waals surface area contributed by atoms with E-state index in [0.717, 1.165) is 17.7 Å². The Labute approximate surface area is 169 Å². The van der Waals surface area contributed by atoms with Crippen molar-refractivity contribution in [2.75, 3.05) is 12.4 Å². The van der Waals surface area contributed by atoms with E-state index in [0.29, 0.717) is 16.5 Å². The van der Waals surface area contributed by atoms with Crippen LogP contribution >= 0.6 is 11.6 Å². The van der Waals surface area contributed by atoms with Gasteiger partial charge in [0.2, 0.25) is 0 Å². The molecule has 0 spiro atoms. The number of rotatable bonds is 2. The standard InChI is InChI=1S/C24H20ClNO2/c1-28-24(27)19-12-13-20(25)23-21(19)16-9-5-11-18(16)22(26-23)17-10-4-7-14-6-2-3-8-15(14)17/h2-10,12-13,16,18,22,26H,11H2,1H3/t16-,18-,22-/m0/s1. The highest BCUT2D eigenvalue weighted by Crippen LogP contribution is 2.53. The van der Waals surface area contributed by atoms with Gasteiger partial charge in [-0.25, -0.2) is 4.79 Å². The smallest absolute Gasteiger partial charge is 0.338 e. The van der Waals surface area contributed by atoms with Gasteiger partial charge in [-0.1, -0.05) is 66.2 Å². The van der Waals surface area contributed by atoms with E-state index >= 15 is 0 Å². The third-order valence-electron chi connectivity index (χ3n) is 6.03. The quantitative estimate of drug-likeness (QED) is 0.424. The molecule has 140 valence electrons. The minimum atomic E-state index is -0.322. The number of hydrogen-bond donors (Lipinski definition) is 1. The highest BCUT2D eigenvalue weighted by atomic mass is 35.5. The summed E-state index contributed by atoms with van der Waals surface area (Å²) in [6.07, 6.45) is 5.38. The molecule has 0 amide bonds. The van der Waals surface area contributed by atoms with Crippen LogP contribution < -0.4 is 5.32 Å². The van der Waals surface area contributed by atoms with E-state index < -0.39 is 0 Å². The molecule has 5 rings (SSSR count). The lowest BCUT2D eigenvalue weighted by Crippen LogP contribution is -2.31. The maximum Gasteiger partial charge on any atom is 0.338 e. The van der Waals surface area contributed by atoms with Crippen molar-refractivity contribution in [1.29, 1.82) is 0 Å². The zero-order valence-electron chi connectivity index (χ0n) is 15.5. The zero-order valence-corrected chi connectivity index (χ0v) is 16.2. The molecule has 0 saturated heterocycles. The second kappa shape index (κ2) is 6.68. The van der Waals surface area contributed by atoms with E-state index in [4.69, 9.17) is 16.3 Å². The largest absolute Gasteiger partial charge is 0.465 e. The normalized spacial score (nSPS) is 22.4. The van der Waals surface area contributed by atoms with Gasteiger partial charge in [-0.2, -0.15) is 0 Å². The molecule has 28 heavy (non-hydrogen) atoms. The first-order valence-electron chi connectivity index (χ1n) is 9.50. The summed E-state index contributed by atoms with van der Waals surface area (Å²) in [6.45, 7) is 0. The van der Waals surface area contributed by atoms with E-state index in [9.17, 15) is 4.79 Å². The molecule has 3 aromatic carbocycles. The molecular weight excluding hydrogens is 370 g/mol. The second-order valence-corrected chi connectivity index (χ2v) is 7.83. The maximum atomic E-state index is 12.4. The number of allylic oxidation sites excluding steroid dienone is 2. The third kappa shape index (κ3) is 2.54. The fourth-order valence-corrected chi connectivity index (χ4v) is 5.01. The van der Waals surface area contributed by atoms with E-state index in [2.05, 4.69) is 59.9 Å². The Bertz CT molecular complexity index is 1120. The van der Waals surface area contributed by atoms with Gasteiger partial charge in [0.05, 0.1) is 29.4 Å². The lowest BCUT2D eigenvalue weighted by molar-refractivity contribution is 0.0598.